The highest BCUT2D eigenvalue weighted by Gasteiger charge is 2.13. The van der Waals surface area contributed by atoms with Crippen LogP contribution in [0.4, 0.5) is 10.1 Å². The van der Waals surface area contributed by atoms with E-state index in [0.717, 1.165) is 0 Å². The lowest BCUT2D eigenvalue weighted by atomic mass is 10.1. The number of anilines is 1. The molecule has 0 fully saturated rings. The number of nitrogens with two attached hydrogens (primary N) is 1. The second kappa shape index (κ2) is 4.61. The Labute approximate surface area is 108 Å². The van der Waals surface area contributed by atoms with E-state index in [1.54, 1.807) is 30.5 Å². The molecule has 3 aromatic rings. The van der Waals surface area contributed by atoms with Crippen LogP contribution in [0.25, 0.3) is 10.9 Å². The van der Waals surface area contributed by atoms with Crippen molar-refractivity contribution in [2.24, 2.45) is 0 Å². The van der Waals surface area contributed by atoms with Gasteiger partial charge in [0.25, 0.3) is 0 Å². The molecule has 2 heterocycles. The number of furan rings is 1. The molecule has 0 saturated carbocycles. The predicted molar refractivity (Wildman–Crippen MR) is 69.2 cm³/mol. The van der Waals surface area contributed by atoms with Gasteiger partial charge in [0.05, 0.1) is 6.26 Å². The predicted octanol–water partition coefficient (Wildman–Crippen LogP) is 3.13. The fraction of sp³-hybridized carbons (Fsp3) is 0.0714. The van der Waals surface area contributed by atoms with Gasteiger partial charge >= 0.3 is 0 Å². The van der Waals surface area contributed by atoms with Crippen molar-refractivity contribution in [2.45, 2.75) is 6.61 Å². The number of rotatable bonds is 3. The molecule has 0 aliphatic heterocycles. The van der Waals surface area contributed by atoms with Gasteiger partial charge in [-0.25, -0.2) is 4.39 Å². The molecule has 0 atom stereocenters. The third kappa shape index (κ3) is 2.10. The van der Waals surface area contributed by atoms with Crippen LogP contribution in [0.15, 0.2) is 47.2 Å². The standard InChI is InChI=1S/C14H11FN2O2/c15-11-7-12(16)10-4-1-5-17-13(10)14(11)19-8-9-3-2-6-18-9/h1-7H,8,16H2. The largest absolute Gasteiger partial charge is 0.480 e. The second-order valence-electron chi connectivity index (χ2n) is 4.04. The molecule has 2 aromatic heterocycles. The van der Waals surface area contributed by atoms with Crippen molar-refractivity contribution in [1.82, 2.24) is 4.98 Å². The van der Waals surface area contributed by atoms with Crippen molar-refractivity contribution < 1.29 is 13.5 Å². The van der Waals surface area contributed by atoms with Gasteiger partial charge in [-0.3, -0.25) is 4.98 Å². The lowest BCUT2D eigenvalue weighted by Crippen LogP contribution is -2.00. The third-order valence-electron chi connectivity index (χ3n) is 2.77. The molecule has 19 heavy (non-hydrogen) atoms. The zero-order valence-corrected chi connectivity index (χ0v) is 9.97. The minimum atomic E-state index is -0.532. The second-order valence-corrected chi connectivity index (χ2v) is 4.04. The van der Waals surface area contributed by atoms with E-state index in [-0.39, 0.29) is 12.4 Å². The van der Waals surface area contributed by atoms with E-state index in [1.807, 2.05) is 0 Å². The number of hydrogen-bond acceptors (Lipinski definition) is 4. The molecule has 0 radical (unpaired) electrons. The Hall–Kier alpha value is -2.56. The molecule has 2 N–H and O–H groups in total. The number of nitrogens with zero attached hydrogens (tertiary/aromatic N) is 1. The van der Waals surface area contributed by atoms with Gasteiger partial charge in [0, 0.05) is 23.3 Å². The molecule has 3 rings (SSSR count). The van der Waals surface area contributed by atoms with Crippen LogP contribution in [-0.4, -0.2) is 4.98 Å². The Morgan fingerprint density at radius 3 is 3.00 bits per heavy atom. The van der Waals surface area contributed by atoms with Crippen LogP contribution in [-0.2, 0) is 6.61 Å². The van der Waals surface area contributed by atoms with Gasteiger partial charge in [-0.05, 0) is 24.3 Å². The molecular weight excluding hydrogens is 247 g/mol. The van der Waals surface area contributed by atoms with Gasteiger partial charge in [-0.2, -0.15) is 0 Å². The van der Waals surface area contributed by atoms with Crippen molar-refractivity contribution in [2.75, 3.05) is 5.73 Å². The molecule has 0 aliphatic carbocycles. The maximum Gasteiger partial charge on any atom is 0.181 e. The van der Waals surface area contributed by atoms with Crippen LogP contribution in [0.5, 0.6) is 5.75 Å². The lowest BCUT2D eigenvalue weighted by Gasteiger charge is -2.10. The maximum absolute atomic E-state index is 13.9. The summed E-state index contributed by atoms with van der Waals surface area (Å²) in [5.74, 6) is 0.164. The summed E-state index contributed by atoms with van der Waals surface area (Å²) in [4.78, 5) is 4.13. The smallest absolute Gasteiger partial charge is 0.181 e. The molecule has 0 saturated heterocycles. The van der Waals surface area contributed by atoms with Crippen molar-refractivity contribution in [3.8, 4) is 5.75 Å². The van der Waals surface area contributed by atoms with Crippen LogP contribution in [0, 0.1) is 5.82 Å². The van der Waals surface area contributed by atoms with E-state index in [1.165, 1.54) is 12.3 Å². The van der Waals surface area contributed by atoms with Crippen LogP contribution >= 0.6 is 0 Å². The van der Waals surface area contributed by atoms with Crippen molar-refractivity contribution in [3.63, 3.8) is 0 Å². The molecule has 0 bridgehead atoms. The first-order chi connectivity index (χ1) is 9.25. The number of halogens is 1. The van der Waals surface area contributed by atoms with Crippen molar-refractivity contribution >= 4 is 16.6 Å². The van der Waals surface area contributed by atoms with E-state index in [9.17, 15) is 4.39 Å². The highest BCUT2D eigenvalue weighted by Crippen LogP contribution is 2.31. The third-order valence-corrected chi connectivity index (χ3v) is 2.77. The SMILES string of the molecule is Nc1cc(F)c(OCc2ccco2)c2ncccc12. The van der Waals surface area contributed by atoms with Gasteiger partial charge in [-0.1, -0.05) is 0 Å². The first-order valence-electron chi connectivity index (χ1n) is 5.73. The van der Waals surface area contributed by atoms with Gasteiger partial charge in [0.2, 0.25) is 0 Å². The summed E-state index contributed by atoms with van der Waals surface area (Å²) in [5, 5.41) is 0.665. The van der Waals surface area contributed by atoms with Crippen LogP contribution in [0.1, 0.15) is 5.76 Å². The summed E-state index contributed by atoms with van der Waals surface area (Å²) in [7, 11) is 0. The first-order valence-corrected chi connectivity index (χ1v) is 5.73. The molecule has 5 heteroatoms. The van der Waals surface area contributed by atoms with E-state index < -0.39 is 5.82 Å². The number of nitrogen functional groups attached to an aromatic ring is 1. The normalized spacial score (nSPS) is 10.8. The Balaban J connectivity index is 2.02. The molecule has 96 valence electrons. The number of fused-ring (bicyclic) bond motifs is 1. The first kappa shape index (κ1) is 11.5. The van der Waals surface area contributed by atoms with E-state index in [0.29, 0.717) is 22.4 Å². The van der Waals surface area contributed by atoms with Crippen LogP contribution in [0.3, 0.4) is 0 Å². The highest BCUT2D eigenvalue weighted by molar-refractivity contribution is 5.94. The Bertz CT molecular complexity index is 711. The van der Waals surface area contributed by atoms with Gasteiger partial charge in [0.15, 0.2) is 11.6 Å². The summed E-state index contributed by atoms with van der Waals surface area (Å²) >= 11 is 0. The van der Waals surface area contributed by atoms with E-state index in [4.69, 9.17) is 14.9 Å². The Morgan fingerprint density at radius 1 is 1.32 bits per heavy atom. The fourth-order valence-electron chi connectivity index (χ4n) is 1.89. The van der Waals surface area contributed by atoms with Gasteiger partial charge < -0.3 is 14.9 Å². The zero-order valence-electron chi connectivity index (χ0n) is 9.97. The van der Waals surface area contributed by atoms with E-state index >= 15 is 0 Å². The topological polar surface area (TPSA) is 61.3 Å². The summed E-state index contributed by atoms with van der Waals surface area (Å²) in [5.41, 5.74) is 6.51. The minimum Gasteiger partial charge on any atom is -0.480 e. The number of benzene rings is 1. The Kier molecular flexibility index (Phi) is 2.79. The zero-order chi connectivity index (χ0) is 13.2. The summed E-state index contributed by atoms with van der Waals surface area (Å²) in [6, 6.07) is 8.25. The Morgan fingerprint density at radius 2 is 2.21 bits per heavy atom. The number of aromatic nitrogens is 1. The summed E-state index contributed by atoms with van der Waals surface area (Å²) in [6.45, 7) is 0.138. The van der Waals surface area contributed by atoms with Crippen molar-refractivity contribution in [3.05, 3.63) is 54.4 Å². The highest BCUT2D eigenvalue weighted by atomic mass is 19.1. The average Bonchev–Trinajstić information content (AvgIpc) is 2.92. The number of pyridine rings is 1. The molecule has 0 spiro atoms. The molecule has 0 amide bonds. The fourth-order valence-corrected chi connectivity index (χ4v) is 1.89. The molecule has 0 unspecified atom stereocenters. The van der Waals surface area contributed by atoms with Crippen LogP contribution < -0.4 is 10.5 Å². The summed E-state index contributed by atoms with van der Waals surface area (Å²) in [6.07, 6.45) is 3.11. The lowest BCUT2D eigenvalue weighted by molar-refractivity contribution is 0.261. The molecule has 1 aromatic carbocycles. The van der Waals surface area contributed by atoms with Crippen LogP contribution in [0.2, 0.25) is 0 Å². The maximum atomic E-state index is 13.9. The summed E-state index contributed by atoms with van der Waals surface area (Å²) < 4.78 is 24.5. The van der Waals surface area contributed by atoms with Gasteiger partial charge in [0.1, 0.15) is 17.9 Å². The minimum absolute atomic E-state index is 0.0844. The molecule has 4 nitrogen and oxygen atoms in total. The quantitative estimate of drug-likeness (QED) is 0.733. The number of ether oxygens (including phenoxy) is 1. The monoisotopic (exact) mass is 258 g/mol. The number of hydrogen-bond donors (Lipinski definition) is 1. The molecule has 0 aliphatic rings. The van der Waals surface area contributed by atoms with Crippen molar-refractivity contribution in [1.29, 1.82) is 0 Å². The van der Waals surface area contributed by atoms with Gasteiger partial charge in [-0.15, -0.1) is 0 Å². The average molecular weight is 258 g/mol. The molecular formula is C14H11FN2O2. The van der Waals surface area contributed by atoms with E-state index in [2.05, 4.69) is 4.98 Å².